The number of carbonyl (C=O) groups is 1. The van der Waals surface area contributed by atoms with Gasteiger partial charge in [-0.1, -0.05) is 0 Å². The third-order valence-corrected chi connectivity index (χ3v) is 4.28. The molecule has 1 fully saturated rings. The number of hydrogen-bond acceptors (Lipinski definition) is 5. The van der Waals surface area contributed by atoms with Crippen LogP contribution < -0.4 is 10.5 Å². The number of halogens is 1. The topological polar surface area (TPSA) is 81.3 Å². The number of piperidine rings is 1. The van der Waals surface area contributed by atoms with Crippen LogP contribution in [0.15, 0.2) is 36.8 Å². The number of benzene rings is 1. The van der Waals surface area contributed by atoms with Crippen molar-refractivity contribution in [3.63, 3.8) is 0 Å². The van der Waals surface area contributed by atoms with Gasteiger partial charge in [0.25, 0.3) is 5.91 Å². The van der Waals surface area contributed by atoms with Crippen LogP contribution in [0.1, 0.15) is 34.8 Å². The highest BCUT2D eigenvalue weighted by Gasteiger charge is 2.28. The molecule has 132 valence electrons. The molecule has 7 heteroatoms. The highest BCUT2D eigenvalue weighted by Crippen LogP contribution is 2.28. The van der Waals surface area contributed by atoms with Crippen LogP contribution in [0.4, 0.5) is 4.39 Å². The van der Waals surface area contributed by atoms with Gasteiger partial charge in [0.1, 0.15) is 24.5 Å². The third kappa shape index (κ3) is 4.11. The molecule has 0 saturated carbocycles. The van der Waals surface area contributed by atoms with Gasteiger partial charge in [0.2, 0.25) is 0 Å². The lowest BCUT2D eigenvalue weighted by molar-refractivity contribution is 0.0701. The molecular weight excluding hydrogens is 323 g/mol. The fraction of sp³-hybridized carbons (Fsp3) is 0.389. The fourth-order valence-electron chi connectivity index (χ4n) is 3.08. The second kappa shape index (κ2) is 8.02. The van der Waals surface area contributed by atoms with Crippen LogP contribution in [0, 0.1) is 5.82 Å². The van der Waals surface area contributed by atoms with Crippen LogP contribution in [0.3, 0.4) is 0 Å². The van der Waals surface area contributed by atoms with Crippen LogP contribution in [0.25, 0.3) is 0 Å². The van der Waals surface area contributed by atoms with Crippen molar-refractivity contribution in [2.45, 2.75) is 18.8 Å². The van der Waals surface area contributed by atoms with Gasteiger partial charge in [0.05, 0.1) is 5.56 Å². The molecule has 0 unspecified atom stereocenters. The van der Waals surface area contributed by atoms with E-state index in [1.54, 1.807) is 11.1 Å². The average molecular weight is 344 g/mol. The zero-order valence-corrected chi connectivity index (χ0v) is 13.9. The van der Waals surface area contributed by atoms with Gasteiger partial charge in [-0.3, -0.25) is 4.79 Å². The van der Waals surface area contributed by atoms with Gasteiger partial charge in [0, 0.05) is 37.4 Å². The Morgan fingerprint density at radius 1 is 1.40 bits per heavy atom. The van der Waals surface area contributed by atoms with Crippen LogP contribution >= 0.6 is 0 Å². The van der Waals surface area contributed by atoms with Gasteiger partial charge in [-0.05, 0) is 37.1 Å². The smallest absolute Gasteiger partial charge is 0.257 e. The van der Waals surface area contributed by atoms with Gasteiger partial charge in [0.15, 0.2) is 0 Å². The molecule has 2 N–H and O–H groups in total. The predicted octanol–water partition coefficient (Wildman–Crippen LogP) is 1.97. The standard InChI is InChI=1S/C18H21FN4O2/c19-14-3-4-17(25-9-6-20)15(10-14)18(24)23-8-1-2-13(11-23)16-5-7-21-12-22-16/h3-5,7,10,12-13H,1-2,6,8-9,11,20H2/t13-/m0/s1. The first kappa shape index (κ1) is 17.3. The summed E-state index contributed by atoms with van der Waals surface area (Å²) < 4.78 is 19.2. The Hall–Kier alpha value is -2.54. The predicted molar refractivity (Wildman–Crippen MR) is 90.9 cm³/mol. The van der Waals surface area contributed by atoms with Crippen molar-refractivity contribution in [1.29, 1.82) is 0 Å². The van der Waals surface area contributed by atoms with E-state index < -0.39 is 5.82 Å². The van der Waals surface area contributed by atoms with E-state index in [1.165, 1.54) is 24.5 Å². The molecule has 0 bridgehead atoms. The summed E-state index contributed by atoms with van der Waals surface area (Å²) in [7, 11) is 0. The summed E-state index contributed by atoms with van der Waals surface area (Å²) in [6, 6.07) is 5.85. The molecule has 1 aromatic heterocycles. The molecule has 1 aromatic carbocycles. The fourth-order valence-corrected chi connectivity index (χ4v) is 3.08. The molecule has 1 aliphatic rings. The highest BCUT2D eigenvalue weighted by molar-refractivity contribution is 5.97. The van der Waals surface area contributed by atoms with Crippen molar-refractivity contribution >= 4 is 5.91 Å². The van der Waals surface area contributed by atoms with Crippen LogP contribution in [-0.4, -0.2) is 47.0 Å². The molecule has 6 nitrogen and oxygen atoms in total. The summed E-state index contributed by atoms with van der Waals surface area (Å²) in [5.41, 5.74) is 6.61. The molecular formula is C18H21FN4O2. The number of rotatable bonds is 5. The van der Waals surface area contributed by atoms with Gasteiger partial charge < -0.3 is 15.4 Å². The summed E-state index contributed by atoms with van der Waals surface area (Å²) in [6.07, 6.45) is 5.05. The Labute approximate surface area is 145 Å². The number of hydrogen-bond donors (Lipinski definition) is 1. The minimum absolute atomic E-state index is 0.155. The molecule has 0 spiro atoms. The number of nitrogens with zero attached hydrogens (tertiary/aromatic N) is 3. The summed E-state index contributed by atoms with van der Waals surface area (Å²) in [6.45, 7) is 1.77. The van der Waals surface area contributed by atoms with Crippen molar-refractivity contribution < 1.29 is 13.9 Å². The van der Waals surface area contributed by atoms with Crippen LogP contribution in [0.5, 0.6) is 5.75 Å². The van der Waals surface area contributed by atoms with E-state index in [2.05, 4.69) is 9.97 Å². The summed E-state index contributed by atoms with van der Waals surface area (Å²) >= 11 is 0. The number of nitrogens with two attached hydrogens (primary N) is 1. The van der Waals surface area contributed by atoms with Crippen molar-refractivity contribution in [2.75, 3.05) is 26.2 Å². The lowest BCUT2D eigenvalue weighted by Crippen LogP contribution is -2.39. The van der Waals surface area contributed by atoms with Crippen molar-refractivity contribution in [1.82, 2.24) is 14.9 Å². The number of ether oxygens (including phenoxy) is 1. The molecule has 0 aliphatic carbocycles. The first-order chi connectivity index (χ1) is 12.2. The van der Waals surface area contributed by atoms with Gasteiger partial charge in [-0.15, -0.1) is 0 Å². The monoisotopic (exact) mass is 344 g/mol. The van der Waals surface area contributed by atoms with Gasteiger partial charge in [-0.25, -0.2) is 14.4 Å². The molecule has 2 heterocycles. The first-order valence-corrected chi connectivity index (χ1v) is 8.36. The van der Waals surface area contributed by atoms with Crippen molar-refractivity contribution in [3.05, 3.63) is 53.9 Å². The zero-order chi connectivity index (χ0) is 17.6. The van der Waals surface area contributed by atoms with E-state index >= 15 is 0 Å². The summed E-state index contributed by atoms with van der Waals surface area (Å²) in [4.78, 5) is 22.9. The molecule has 2 aromatic rings. The Bertz CT molecular complexity index is 726. The molecule has 1 saturated heterocycles. The second-order valence-corrected chi connectivity index (χ2v) is 6.00. The Kier molecular flexibility index (Phi) is 5.55. The van der Waals surface area contributed by atoms with Crippen molar-refractivity contribution in [2.24, 2.45) is 5.73 Å². The molecule has 3 rings (SSSR count). The third-order valence-electron chi connectivity index (χ3n) is 4.28. The largest absolute Gasteiger partial charge is 0.491 e. The van der Waals surface area contributed by atoms with E-state index in [-0.39, 0.29) is 24.0 Å². The van der Waals surface area contributed by atoms with Gasteiger partial charge in [-0.2, -0.15) is 0 Å². The van der Waals surface area contributed by atoms with Crippen molar-refractivity contribution in [3.8, 4) is 5.75 Å². The number of amides is 1. The Morgan fingerprint density at radius 2 is 2.28 bits per heavy atom. The molecule has 1 amide bonds. The number of aromatic nitrogens is 2. The Balaban J connectivity index is 1.79. The highest BCUT2D eigenvalue weighted by atomic mass is 19.1. The molecule has 1 atom stereocenters. The number of carbonyl (C=O) groups excluding carboxylic acids is 1. The minimum atomic E-state index is -0.465. The van der Waals surface area contributed by atoms with E-state index in [1.807, 2.05) is 6.07 Å². The van der Waals surface area contributed by atoms with Gasteiger partial charge >= 0.3 is 0 Å². The second-order valence-electron chi connectivity index (χ2n) is 6.00. The molecule has 25 heavy (non-hydrogen) atoms. The normalized spacial score (nSPS) is 17.4. The first-order valence-electron chi connectivity index (χ1n) is 8.36. The maximum absolute atomic E-state index is 13.7. The SMILES string of the molecule is NCCOc1ccc(F)cc1C(=O)N1CCC[C@H](c2ccncn2)C1. The lowest BCUT2D eigenvalue weighted by atomic mass is 9.94. The maximum Gasteiger partial charge on any atom is 0.257 e. The molecule has 0 radical (unpaired) electrons. The molecule has 1 aliphatic heterocycles. The summed E-state index contributed by atoms with van der Waals surface area (Å²) in [5, 5.41) is 0. The minimum Gasteiger partial charge on any atom is -0.491 e. The zero-order valence-electron chi connectivity index (χ0n) is 13.9. The van der Waals surface area contributed by atoms with Crippen LogP contribution in [-0.2, 0) is 0 Å². The van der Waals surface area contributed by atoms with E-state index in [0.29, 0.717) is 25.4 Å². The van der Waals surface area contributed by atoms with E-state index in [4.69, 9.17) is 10.5 Å². The Morgan fingerprint density at radius 3 is 3.04 bits per heavy atom. The van der Waals surface area contributed by atoms with E-state index in [9.17, 15) is 9.18 Å². The summed E-state index contributed by atoms with van der Waals surface area (Å²) in [5.74, 6) is -0.179. The number of likely N-dealkylation sites (tertiary alicyclic amines) is 1. The lowest BCUT2D eigenvalue weighted by Gasteiger charge is -2.32. The van der Waals surface area contributed by atoms with Crippen LogP contribution in [0.2, 0.25) is 0 Å². The van der Waals surface area contributed by atoms with E-state index in [0.717, 1.165) is 18.5 Å². The maximum atomic E-state index is 13.7. The average Bonchev–Trinajstić information content (AvgIpc) is 2.67. The quantitative estimate of drug-likeness (QED) is 0.897.